The first-order chi connectivity index (χ1) is 17.0. The van der Waals surface area contributed by atoms with E-state index in [9.17, 15) is 26.7 Å². The molecule has 36 heavy (non-hydrogen) atoms. The lowest BCUT2D eigenvalue weighted by Crippen LogP contribution is -2.40. The fourth-order valence-electron chi connectivity index (χ4n) is 3.88. The van der Waals surface area contributed by atoms with Crippen molar-refractivity contribution >= 4 is 51.9 Å². The molecule has 0 unspecified atom stereocenters. The molecule has 0 saturated heterocycles. The number of imidazole rings is 1. The largest absolute Gasteiger partial charge is 0.471 e. The summed E-state index contributed by atoms with van der Waals surface area (Å²) in [7, 11) is 0. The summed E-state index contributed by atoms with van der Waals surface area (Å²) in [6.07, 6.45) is -4.36. The zero-order valence-corrected chi connectivity index (χ0v) is 19.8. The average Bonchev–Trinajstić information content (AvgIpc) is 3.20. The van der Waals surface area contributed by atoms with Crippen LogP contribution in [0, 0.1) is 5.92 Å². The molecule has 194 valence electrons. The van der Waals surface area contributed by atoms with Gasteiger partial charge in [0.1, 0.15) is 5.56 Å². The van der Waals surface area contributed by atoms with Gasteiger partial charge in [-0.2, -0.15) is 23.1 Å². The lowest BCUT2D eigenvalue weighted by Gasteiger charge is -2.30. The van der Waals surface area contributed by atoms with Gasteiger partial charge in [-0.3, -0.25) is 9.78 Å². The van der Waals surface area contributed by atoms with Crippen LogP contribution in [0.25, 0.3) is 11.2 Å². The van der Waals surface area contributed by atoms with Crippen molar-refractivity contribution in [1.29, 1.82) is 0 Å². The molecule has 1 fully saturated rings. The molecule has 3 aromatic rings. The zero-order valence-electron chi connectivity index (χ0n) is 18.3. The Morgan fingerprint density at radius 3 is 2.42 bits per heavy atom. The van der Waals surface area contributed by atoms with Gasteiger partial charge in [0.25, 0.3) is 12.3 Å². The van der Waals surface area contributed by atoms with Crippen LogP contribution >= 0.6 is 23.2 Å². The van der Waals surface area contributed by atoms with E-state index in [-0.39, 0.29) is 64.3 Å². The second kappa shape index (κ2) is 10.6. The van der Waals surface area contributed by atoms with Crippen molar-refractivity contribution in [3.05, 3.63) is 34.1 Å². The molecular formula is C21H19Cl2F5N6O2. The van der Waals surface area contributed by atoms with Gasteiger partial charge in [0, 0.05) is 18.4 Å². The number of amides is 1. The van der Waals surface area contributed by atoms with E-state index in [1.54, 1.807) is 0 Å². The quantitative estimate of drug-likeness (QED) is 0.315. The van der Waals surface area contributed by atoms with Crippen LogP contribution < -0.4 is 15.4 Å². The Morgan fingerprint density at radius 1 is 1.14 bits per heavy atom. The minimum Gasteiger partial charge on any atom is -0.471 e. The summed E-state index contributed by atoms with van der Waals surface area (Å²) < 4.78 is 69.4. The molecule has 15 heteroatoms. The minimum absolute atomic E-state index is 0.0466. The number of hydrogen-bond donors (Lipinski definition) is 3. The number of alkyl halides is 5. The van der Waals surface area contributed by atoms with Gasteiger partial charge in [0.2, 0.25) is 11.8 Å². The molecular weight excluding hydrogens is 534 g/mol. The van der Waals surface area contributed by atoms with E-state index in [4.69, 9.17) is 27.9 Å². The Bertz CT molecular complexity index is 1230. The molecule has 1 aliphatic rings. The molecule has 1 amide bonds. The van der Waals surface area contributed by atoms with Crippen LogP contribution in [0.15, 0.2) is 18.5 Å². The molecule has 0 bridgehead atoms. The van der Waals surface area contributed by atoms with Gasteiger partial charge in [-0.05, 0) is 31.7 Å². The molecule has 4 rings (SSSR count). The van der Waals surface area contributed by atoms with Crippen LogP contribution in [0.2, 0.25) is 10.0 Å². The summed E-state index contributed by atoms with van der Waals surface area (Å²) in [5.41, 5.74) is 0.435. The number of pyridine rings is 2. The lowest BCUT2D eigenvalue weighted by atomic mass is 9.85. The number of H-pyrrole nitrogens is 1. The van der Waals surface area contributed by atoms with Crippen molar-refractivity contribution < 1.29 is 31.5 Å². The normalized spacial score (nSPS) is 18.4. The van der Waals surface area contributed by atoms with Gasteiger partial charge in [0.15, 0.2) is 12.3 Å². The van der Waals surface area contributed by atoms with Gasteiger partial charge >= 0.3 is 6.18 Å². The topological polar surface area (TPSA) is 105 Å². The van der Waals surface area contributed by atoms with Gasteiger partial charge in [-0.25, -0.2) is 8.78 Å². The number of rotatable bonds is 7. The molecule has 3 aromatic heterocycles. The lowest BCUT2D eigenvalue weighted by molar-refractivity contribution is -0.182. The molecule has 0 spiro atoms. The maximum atomic E-state index is 13.0. The molecule has 0 radical (unpaired) electrons. The molecule has 1 aliphatic carbocycles. The summed E-state index contributed by atoms with van der Waals surface area (Å²) in [5, 5.41) is 5.93. The number of ether oxygens (including phenoxy) is 1. The number of halogens is 7. The first-order valence-corrected chi connectivity index (χ1v) is 11.5. The van der Waals surface area contributed by atoms with Crippen molar-refractivity contribution in [2.75, 3.05) is 11.9 Å². The summed E-state index contributed by atoms with van der Waals surface area (Å²) in [6, 6.07) is 0.804. The molecule has 1 saturated carbocycles. The van der Waals surface area contributed by atoms with E-state index in [1.807, 2.05) is 0 Å². The first-order valence-electron chi connectivity index (χ1n) is 10.8. The molecule has 3 heterocycles. The highest BCUT2D eigenvalue weighted by molar-refractivity contribution is 6.39. The van der Waals surface area contributed by atoms with Gasteiger partial charge in [-0.1, -0.05) is 23.2 Å². The molecule has 0 aliphatic heterocycles. The molecule has 0 aromatic carbocycles. The number of fused-ring (bicyclic) bond motifs is 1. The number of aromatic amines is 1. The number of anilines is 2. The number of carbonyl (C=O) groups is 1. The fourth-order valence-corrected chi connectivity index (χ4v) is 4.34. The third-order valence-corrected chi connectivity index (χ3v) is 6.22. The Morgan fingerprint density at radius 2 is 1.81 bits per heavy atom. The second-order valence-corrected chi connectivity index (χ2v) is 8.98. The Balaban J connectivity index is 1.57. The zero-order chi connectivity index (χ0) is 26.0. The maximum absolute atomic E-state index is 13.0. The van der Waals surface area contributed by atoms with Crippen molar-refractivity contribution in [3.63, 3.8) is 0 Å². The number of nitrogens with one attached hydrogen (secondary N) is 3. The monoisotopic (exact) mass is 552 g/mol. The van der Waals surface area contributed by atoms with E-state index in [0.717, 1.165) is 0 Å². The standard InChI is InChI=1S/C21H19Cl2F5N6O2/c22-12-6-29-7-13(23)16(12)32-20-31-14-5-11(19(33-17(14)34-20)36-8-15(24)25)18(35)30-10-3-1-9(2-4-10)21(26,27)28/h5-7,9-10,15H,1-4,8H2,(H,30,35)(H2,29,31,32,33,34). The number of aromatic nitrogens is 4. The van der Waals surface area contributed by atoms with Gasteiger partial charge in [-0.15, -0.1) is 0 Å². The van der Waals surface area contributed by atoms with Crippen LogP contribution in [-0.2, 0) is 0 Å². The predicted octanol–water partition coefficient (Wildman–Crippen LogP) is 5.90. The summed E-state index contributed by atoms with van der Waals surface area (Å²) in [6.45, 7) is -1.02. The molecule has 8 nitrogen and oxygen atoms in total. The van der Waals surface area contributed by atoms with Crippen LogP contribution in [0.4, 0.5) is 33.6 Å². The smallest absolute Gasteiger partial charge is 0.391 e. The maximum Gasteiger partial charge on any atom is 0.391 e. The highest BCUT2D eigenvalue weighted by atomic mass is 35.5. The van der Waals surface area contributed by atoms with E-state index in [2.05, 4.69) is 30.6 Å². The second-order valence-electron chi connectivity index (χ2n) is 8.17. The average molecular weight is 553 g/mol. The van der Waals surface area contributed by atoms with Gasteiger partial charge in [0.05, 0.1) is 27.2 Å². The van der Waals surface area contributed by atoms with Crippen molar-refractivity contribution in [1.82, 2.24) is 25.3 Å². The van der Waals surface area contributed by atoms with E-state index in [0.29, 0.717) is 5.69 Å². The van der Waals surface area contributed by atoms with Crippen molar-refractivity contribution in [3.8, 4) is 5.88 Å². The third-order valence-electron chi connectivity index (χ3n) is 5.65. The first kappa shape index (κ1) is 26.1. The Kier molecular flexibility index (Phi) is 7.69. The van der Waals surface area contributed by atoms with Crippen molar-refractivity contribution in [2.24, 2.45) is 5.92 Å². The van der Waals surface area contributed by atoms with E-state index < -0.39 is 37.1 Å². The molecule has 0 atom stereocenters. The van der Waals surface area contributed by atoms with Crippen LogP contribution in [-0.4, -0.2) is 51.1 Å². The number of nitrogens with zero attached hydrogens (tertiary/aromatic N) is 3. The summed E-state index contributed by atoms with van der Waals surface area (Å²) in [5.74, 6) is -2.38. The SMILES string of the molecule is O=C(NC1CCC(C(F)(F)F)CC1)c1cc2[nH]c(Nc3c(Cl)cncc3Cl)nc2nc1OCC(F)F. The molecule has 3 N–H and O–H groups in total. The van der Waals surface area contributed by atoms with Crippen LogP contribution in [0.1, 0.15) is 36.0 Å². The van der Waals surface area contributed by atoms with Crippen LogP contribution in [0.3, 0.4) is 0 Å². The van der Waals surface area contributed by atoms with E-state index >= 15 is 0 Å². The predicted molar refractivity (Wildman–Crippen MR) is 122 cm³/mol. The Labute approximate surface area is 210 Å². The number of hydrogen-bond acceptors (Lipinski definition) is 6. The van der Waals surface area contributed by atoms with Crippen LogP contribution in [0.5, 0.6) is 5.88 Å². The van der Waals surface area contributed by atoms with Gasteiger partial charge < -0.3 is 20.4 Å². The minimum atomic E-state index is -4.28. The summed E-state index contributed by atoms with van der Waals surface area (Å²) >= 11 is 12.2. The highest BCUT2D eigenvalue weighted by Gasteiger charge is 2.41. The van der Waals surface area contributed by atoms with Crippen molar-refractivity contribution in [2.45, 2.75) is 44.3 Å². The fraction of sp³-hybridized carbons (Fsp3) is 0.429. The van der Waals surface area contributed by atoms with E-state index in [1.165, 1.54) is 18.5 Å². The number of carbonyl (C=O) groups excluding carboxylic acids is 1. The highest BCUT2D eigenvalue weighted by Crippen LogP contribution is 2.38. The third kappa shape index (κ3) is 6.06. The summed E-state index contributed by atoms with van der Waals surface area (Å²) in [4.78, 5) is 28.0. The Hall–Kier alpha value is -2.93.